The lowest BCUT2D eigenvalue weighted by Crippen LogP contribution is -2.49. The largest absolute Gasteiger partial charge is 0.336 e. The van der Waals surface area contributed by atoms with Crippen molar-refractivity contribution in [3.05, 3.63) is 70.8 Å². The first-order valence-electron chi connectivity index (χ1n) is 9.74. The molecular weight excluding hydrogens is 407 g/mol. The normalized spacial score (nSPS) is 15.8. The number of H-pyrrole nitrogens is 1. The lowest BCUT2D eigenvalue weighted by atomic mass is 10.1. The highest BCUT2D eigenvalue weighted by molar-refractivity contribution is 6.31. The van der Waals surface area contributed by atoms with Gasteiger partial charge in [-0.2, -0.15) is 5.10 Å². The third kappa shape index (κ3) is 4.29. The molecular formula is C21H22ClFN6O. The number of nitrogens with one attached hydrogen (secondary N) is 2. The summed E-state index contributed by atoms with van der Waals surface area (Å²) in [5, 5.41) is 9.96. The number of nitrogens with zero attached hydrogens (tertiary/aromatic N) is 4. The maximum atomic E-state index is 14.2. The van der Waals surface area contributed by atoms with E-state index in [0.717, 1.165) is 11.5 Å². The van der Waals surface area contributed by atoms with Gasteiger partial charge in [-0.3, -0.25) is 14.8 Å². The summed E-state index contributed by atoms with van der Waals surface area (Å²) in [4.78, 5) is 21.3. The van der Waals surface area contributed by atoms with E-state index in [1.54, 1.807) is 17.2 Å². The van der Waals surface area contributed by atoms with Gasteiger partial charge in [0.25, 0.3) is 5.91 Å². The van der Waals surface area contributed by atoms with Crippen LogP contribution in [-0.4, -0.2) is 57.1 Å². The fraction of sp³-hybridized carbons (Fsp3) is 0.286. The first-order chi connectivity index (χ1) is 14.5. The van der Waals surface area contributed by atoms with E-state index in [1.165, 1.54) is 12.1 Å². The molecule has 1 aromatic carbocycles. The second kappa shape index (κ2) is 8.81. The number of carbonyl (C=O) groups excluding carboxylic acids is 1. The minimum absolute atomic E-state index is 0.0165. The average Bonchev–Trinajstić information content (AvgIpc) is 3.28. The molecule has 9 heteroatoms. The molecule has 0 spiro atoms. The molecule has 1 saturated heterocycles. The summed E-state index contributed by atoms with van der Waals surface area (Å²) in [7, 11) is 0. The highest BCUT2D eigenvalue weighted by Crippen LogP contribution is 2.24. The van der Waals surface area contributed by atoms with Gasteiger partial charge in [0.15, 0.2) is 11.6 Å². The lowest BCUT2D eigenvalue weighted by molar-refractivity contribution is 0.0575. The Balaban J connectivity index is 1.39. The Morgan fingerprint density at radius 1 is 1.13 bits per heavy atom. The van der Waals surface area contributed by atoms with Gasteiger partial charge in [0, 0.05) is 44.5 Å². The Hall–Kier alpha value is -2.97. The van der Waals surface area contributed by atoms with Crippen molar-refractivity contribution in [3.8, 4) is 0 Å². The summed E-state index contributed by atoms with van der Waals surface area (Å²) < 4.78 is 14.2. The summed E-state index contributed by atoms with van der Waals surface area (Å²) in [6.45, 7) is 4.47. The summed E-state index contributed by atoms with van der Waals surface area (Å²) in [6.07, 6.45) is 1.74. The van der Waals surface area contributed by atoms with Gasteiger partial charge >= 0.3 is 0 Å². The van der Waals surface area contributed by atoms with Crippen LogP contribution in [0.2, 0.25) is 5.02 Å². The number of amides is 1. The molecule has 2 aromatic heterocycles. The molecule has 7 nitrogen and oxygen atoms in total. The van der Waals surface area contributed by atoms with Crippen molar-refractivity contribution in [1.29, 1.82) is 0 Å². The number of carbonyl (C=O) groups is 1. The van der Waals surface area contributed by atoms with Gasteiger partial charge in [-0.1, -0.05) is 23.7 Å². The number of halogens is 2. The minimum Gasteiger partial charge on any atom is -0.336 e. The molecule has 1 atom stereocenters. The SMILES string of the molecule is CC(c1cccc(Nc2cc[nH]n2)n1)N1CCN(C(=O)c2cccc(Cl)c2F)CC1. The zero-order chi connectivity index (χ0) is 21.1. The predicted octanol–water partition coefficient (Wildman–Crippen LogP) is 3.86. The van der Waals surface area contributed by atoms with Gasteiger partial charge in [-0.05, 0) is 31.2 Å². The van der Waals surface area contributed by atoms with Gasteiger partial charge in [-0.15, -0.1) is 0 Å². The summed E-state index contributed by atoms with van der Waals surface area (Å²) in [5.41, 5.74) is 0.944. The Kier molecular flexibility index (Phi) is 5.96. The predicted molar refractivity (Wildman–Crippen MR) is 113 cm³/mol. The molecule has 0 bridgehead atoms. The van der Waals surface area contributed by atoms with Crippen LogP contribution in [0.3, 0.4) is 0 Å². The fourth-order valence-electron chi connectivity index (χ4n) is 3.55. The van der Waals surface area contributed by atoms with E-state index < -0.39 is 5.82 Å². The van der Waals surface area contributed by atoms with Gasteiger partial charge in [-0.25, -0.2) is 9.37 Å². The summed E-state index contributed by atoms with van der Waals surface area (Å²) >= 11 is 5.81. The number of hydrogen-bond acceptors (Lipinski definition) is 5. The van der Waals surface area contributed by atoms with Crippen LogP contribution in [0.4, 0.5) is 16.0 Å². The van der Waals surface area contributed by atoms with Gasteiger partial charge in [0.1, 0.15) is 5.82 Å². The number of benzene rings is 1. The van der Waals surface area contributed by atoms with Gasteiger partial charge < -0.3 is 10.2 Å². The number of aromatic nitrogens is 3. The number of hydrogen-bond donors (Lipinski definition) is 2. The highest BCUT2D eigenvalue weighted by atomic mass is 35.5. The second-order valence-corrected chi connectivity index (χ2v) is 7.54. The zero-order valence-electron chi connectivity index (χ0n) is 16.5. The molecule has 1 aliphatic heterocycles. The molecule has 3 aromatic rings. The van der Waals surface area contributed by atoms with Crippen LogP contribution >= 0.6 is 11.6 Å². The number of rotatable bonds is 5. The molecule has 1 aliphatic rings. The molecule has 1 unspecified atom stereocenters. The van der Waals surface area contributed by atoms with E-state index in [2.05, 4.69) is 27.3 Å². The molecule has 2 N–H and O–H groups in total. The fourth-order valence-corrected chi connectivity index (χ4v) is 3.73. The van der Waals surface area contributed by atoms with E-state index in [1.807, 2.05) is 24.3 Å². The summed E-state index contributed by atoms with van der Waals surface area (Å²) in [5.74, 6) is 0.431. The van der Waals surface area contributed by atoms with Crippen molar-refractivity contribution < 1.29 is 9.18 Å². The molecule has 1 amide bonds. The van der Waals surface area contributed by atoms with Crippen LogP contribution in [0.5, 0.6) is 0 Å². The van der Waals surface area contributed by atoms with Crippen LogP contribution in [0, 0.1) is 5.82 Å². The molecule has 0 saturated carbocycles. The van der Waals surface area contributed by atoms with E-state index in [0.29, 0.717) is 32.0 Å². The molecule has 30 heavy (non-hydrogen) atoms. The van der Waals surface area contributed by atoms with Crippen LogP contribution in [-0.2, 0) is 0 Å². The minimum atomic E-state index is -0.662. The standard InChI is InChI=1S/C21H22ClFN6O/c1-14(17-6-3-7-18(25-17)26-19-8-9-24-27-19)28-10-12-29(13-11-28)21(30)15-4-2-5-16(22)20(15)23/h2-9,14H,10-13H2,1H3,(H2,24,25,26,27). The zero-order valence-corrected chi connectivity index (χ0v) is 17.2. The Morgan fingerprint density at radius 3 is 2.63 bits per heavy atom. The topological polar surface area (TPSA) is 77.2 Å². The van der Waals surface area contributed by atoms with Crippen LogP contribution in [0.25, 0.3) is 0 Å². The highest BCUT2D eigenvalue weighted by Gasteiger charge is 2.27. The van der Waals surface area contributed by atoms with E-state index in [-0.39, 0.29) is 22.5 Å². The van der Waals surface area contributed by atoms with Crippen molar-refractivity contribution in [1.82, 2.24) is 25.0 Å². The molecule has 0 radical (unpaired) electrons. The van der Waals surface area contributed by atoms with E-state index in [4.69, 9.17) is 16.6 Å². The number of anilines is 2. The van der Waals surface area contributed by atoms with Crippen LogP contribution in [0.1, 0.15) is 29.0 Å². The second-order valence-electron chi connectivity index (χ2n) is 7.14. The molecule has 3 heterocycles. The number of piperazine rings is 1. The Labute approximate surface area is 178 Å². The van der Waals surface area contributed by atoms with Crippen molar-refractivity contribution in [3.63, 3.8) is 0 Å². The lowest BCUT2D eigenvalue weighted by Gasteiger charge is -2.38. The van der Waals surface area contributed by atoms with Crippen LogP contribution < -0.4 is 5.32 Å². The molecule has 1 fully saturated rings. The first-order valence-corrected chi connectivity index (χ1v) is 10.1. The quantitative estimate of drug-likeness (QED) is 0.645. The molecule has 4 rings (SSSR count). The Morgan fingerprint density at radius 2 is 1.90 bits per heavy atom. The average molecular weight is 429 g/mol. The third-order valence-electron chi connectivity index (χ3n) is 5.29. The summed E-state index contributed by atoms with van der Waals surface area (Å²) in [6, 6.07) is 12.2. The Bertz CT molecular complexity index is 1020. The first kappa shape index (κ1) is 20.3. The van der Waals surface area contributed by atoms with Gasteiger partial charge in [0.2, 0.25) is 0 Å². The van der Waals surface area contributed by atoms with Crippen molar-refractivity contribution in [2.75, 3.05) is 31.5 Å². The maximum Gasteiger partial charge on any atom is 0.256 e. The third-order valence-corrected chi connectivity index (χ3v) is 5.58. The van der Waals surface area contributed by atoms with E-state index in [9.17, 15) is 9.18 Å². The van der Waals surface area contributed by atoms with Crippen LogP contribution in [0.15, 0.2) is 48.7 Å². The smallest absolute Gasteiger partial charge is 0.256 e. The monoisotopic (exact) mass is 428 g/mol. The van der Waals surface area contributed by atoms with Crippen molar-refractivity contribution >= 4 is 29.1 Å². The van der Waals surface area contributed by atoms with Gasteiger partial charge in [0.05, 0.1) is 16.3 Å². The van der Waals surface area contributed by atoms with E-state index >= 15 is 0 Å². The number of aromatic amines is 1. The number of pyridine rings is 1. The molecule has 0 aliphatic carbocycles. The van der Waals surface area contributed by atoms with Crippen molar-refractivity contribution in [2.45, 2.75) is 13.0 Å². The van der Waals surface area contributed by atoms with Crippen molar-refractivity contribution in [2.24, 2.45) is 0 Å². The molecule has 156 valence electrons. The maximum absolute atomic E-state index is 14.2.